The number of benzene rings is 9. The average Bonchev–Trinajstić information content (AvgIpc) is 3.80. The zero-order valence-electron chi connectivity index (χ0n) is 30.3. The van der Waals surface area contributed by atoms with E-state index in [1.165, 1.54) is 59.9 Å². The van der Waals surface area contributed by atoms with E-state index in [0.717, 1.165) is 44.3 Å². The lowest BCUT2D eigenvalue weighted by atomic mass is 9.98. The van der Waals surface area contributed by atoms with Crippen molar-refractivity contribution in [2.75, 3.05) is 0 Å². The van der Waals surface area contributed by atoms with Gasteiger partial charge in [0.25, 0.3) is 0 Å². The predicted octanol–water partition coefficient (Wildman–Crippen LogP) is 13.5. The van der Waals surface area contributed by atoms with Crippen LogP contribution in [0.25, 0.3) is 110 Å². The molecule has 4 nitrogen and oxygen atoms in total. The minimum Gasteiger partial charge on any atom is -0.309 e. The first-order chi connectivity index (χ1) is 27.8. The van der Waals surface area contributed by atoms with Gasteiger partial charge in [0.1, 0.15) is 0 Å². The van der Waals surface area contributed by atoms with E-state index < -0.39 is 0 Å². The zero-order valence-corrected chi connectivity index (χ0v) is 30.3. The summed E-state index contributed by atoms with van der Waals surface area (Å²) in [4.78, 5) is 10.3. The van der Waals surface area contributed by atoms with Gasteiger partial charge in [-0.05, 0) is 75.8 Å². The molecule has 0 aliphatic carbocycles. The molecular weight excluding hydrogens is 681 g/mol. The SMILES string of the molecule is c1ccc(-c2cccc(-n3c4ccccc4c4c5c6ccccc6n(-c6cccc(-c7ncc8c9ccccc9c9ccccc9c8n7)c6)c5ccc43)c2)cc1. The number of fused-ring (bicyclic) bond motifs is 13. The fraction of sp³-hybridized carbons (Fsp3) is 0. The van der Waals surface area contributed by atoms with Crippen molar-refractivity contribution in [1.82, 2.24) is 19.1 Å². The lowest BCUT2D eigenvalue weighted by Crippen LogP contribution is -1.97. The van der Waals surface area contributed by atoms with Gasteiger partial charge in [0.05, 0.1) is 27.6 Å². The summed E-state index contributed by atoms with van der Waals surface area (Å²) in [6, 6.07) is 67.5. The molecule has 0 bridgehead atoms. The van der Waals surface area contributed by atoms with Crippen LogP contribution in [0.4, 0.5) is 0 Å². The van der Waals surface area contributed by atoms with Crippen LogP contribution < -0.4 is 0 Å². The molecule has 12 rings (SSSR count). The highest BCUT2D eigenvalue weighted by Crippen LogP contribution is 2.43. The van der Waals surface area contributed by atoms with Gasteiger partial charge in [-0.2, -0.15) is 0 Å². The van der Waals surface area contributed by atoms with Gasteiger partial charge in [0.2, 0.25) is 0 Å². The van der Waals surface area contributed by atoms with E-state index in [1.54, 1.807) is 0 Å². The second-order valence-corrected chi connectivity index (χ2v) is 14.6. The normalized spacial score (nSPS) is 11.9. The minimum absolute atomic E-state index is 0.712. The molecule has 0 radical (unpaired) electrons. The molecule has 0 amide bonds. The molecule has 0 N–H and O–H groups in total. The first-order valence-electron chi connectivity index (χ1n) is 19.1. The molecule has 12 aromatic rings. The molecule has 4 heteroatoms. The van der Waals surface area contributed by atoms with Crippen LogP contribution in [0.2, 0.25) is 0 Å². The molecule has 0 aliphatic heterocycles. The molecule has 3 aromatic heterocycles. The number of para-hydroxylation sites is 2. The quantitative estimate of drug-likeness (QED) is 0.170. The topological polar surface area (TPSA) is 35.6 Å². The van der Waals surface area contributed by atoms with Crippen molar-refractivity contribution in [3.05, 3.63) is 194 Å². The predicted molar refractivity (Wildman–Crippen MR) is 234 cm³/mol. The number of hydrogen-bond donors (Lipinski definition) is 0. The van der Waals surface area contributed by atoms with Gasteiger partial charge in [-0.3, -0.25) is 0 Å². The Hall–Kier alpha value is -7.56. The largest absolute Gasteiger partial charge is 0.309 e. The molecule has 9 aromatic carbocycles. The third-order valence-corrected chi connectivity index (χ3v) is 11.5. The maximum atomic E-state index is 5.28. The summed E-state index contributed by atoms with van der Waals surface area (Å²) in [7, 11) is 0. The highest BCUT2D eigenvalue weighted by atomic mass is 15.0. The number of nitrogens with zero attached hydrogens (tertiary/aromatic N) is 4. The zero-order chi connectivity index (χ0) is 36.7. The summed E-state index contributed by atoms with van der Waals surface area (Å²) in [5.41, 5.74) is 11.3. The van der Waals surface area contributed by atoms with E-state index in [0.29, 0.717) is 5.82 Å². The molecule has 0 saturated carbocycles. The van der Waals surface area contributed by atoms with Crippen LogP contribution in [-0.4, -0.2) is 19.1 Å². The van der Waals surface area contributed by atoms with Gasteiger partial charge in [-0.15, -0.1) is 0 Å². The third kappa shape index (κ3) is 4.47. The van der Waals surface area contributed by atoms with Crippen molar-refractivity contribution in [2.45, 2.75) is 0 Å². The van der Waals surface area contributed by atoms with Gasteiger partial charge in [-0.1, -0.05) is 140 Å². The van der Waals surface area contributed by atoms with Crippen LogP contribution in [0.5, 0.6) is 0 Å². The Kier molecular flexibility index (Phi) is 6.60. The number of rotatable bonds is 4. The highest BCUT2D eigenvalue weighted by molar-refractivity contribution is 6.29. The number of aromatic nitrogens is 4. The second-order valence-electron chi connectivity index (χ2n) is 14.6. The van der Waals surface area contributed by atoms with E-state index >= 15 is 0 Å². The minimum atomic E-state index is 0.712. The number of hydrogen-bond acceptors (Lipinski definition) is 2. The van der Waals surface area contributed by atoms with Gasteiger partial charge >= 0.3 is 0 Å². The van der Waals surface area contributed by atoms with Crippen molar-refractivity contribution >= 4 is 76.1 Å². The van der Waals surface area contributed by atoms with Gasteiger partial charge in [-0.25, -0.2) is 9.97 Å². The first-order valence-corrected chi connectivity index (χ1v) is 19.1. The fourth-order valence-corrected chi connectivity index (χ4v) is 9.11. The van der Waals surface area contributed by atoms with E-state index in [-0.39, 0.29) is 0 Å². The van der Waals surface area contributed by atoms with Crippen molar-refractivity contribution in [3.63, 3.8) is 0 Å². The molecule has 260 valence electrons. The monoisotopic (exact) mass is 712 g/mol. The van der Waals surface area contributed by atoms with Gasteiger partial charge in [0.15, 0.2) is 5.82 Å². The Morgan fingerprint density at radius 1 is 0.321 bits per heavy atom. The molecule has 0 unspecified atom stereocenters. The van der Waals surface area contributed by atoms with Crippen LogP contribution in [-0.2, 0) is 0 Å². The molecule has 0 aliphatic rings. The van der Waals surface area contributed by atoms with E-state index in [4.69, 9.17) is 9.97 Å². The summed E-state index contributed by atoms with van der Waals surface area (Å²) < 4.78 is 4.83. The Bertz CT molecular complexity index is 3500. The maximum absolute atomic E-state index is 5.28. The van der Waals surface area contributed by atoms with Crippen LogP contribution in [0.3, 0.4) is 0 Å². The smallest absolute Gasteiger partial charge is 0.159 e. The Labute approximate surface area is 322 Å². The molecular formula is C52H32N4. The first kappa shape index (κ1) is 30.9. The van der Waals surface area contributed by atoms with Crippen molar-refractivity contribution < 1.29 is 0 Å². The van der Waals surface area contributed by atoms with Crippen molar-refractivity contribution in [3.8, 4) is 33.9 Å². The highest BCUT2D eigenvalue weighted by Gasteiger charge is 2.21. The summed E-state index contributed by atoms with van der Waals surface area (Å²) in [6.45, 7) is 0. The Morgan fingerprint density at radius 2 is 0.786 bits per heavy atom. The van der Waals surface area contributed by atoms with Gasteiger partial charge in [0, 0.05) is 55.5 Å². The molecule has 0 saturated heterocycles. The van der Waals surface area contributed by atoms with Crippen LogP contribution in [0.15, 0.2) is 194 Å². The second kappa shape index (κ2) is 12.0. The van der Waals surface area contributed by atoms with E-state index in [9.17, 15) is 0 Å². The summed E-state index contributed by atoms with van der Waals surface area (Å²) in [5, 5.41) is 10.8. The summed E-state index contributed by atoms with van der Waals surface area (Å²) in [5.74, 6) is 0.712. The van der Waals surface area contributed by atoms with Crippen molar-refractivity contribution in [1.29, 1.82) is 0 Å². The Balaban J connectivity index is 1.08. The van der Waals surface area contributed by atoms with Gasteiger partial charge < -0.3 is 9.13 Å². The Morgan fingerprint density at radius 3 is 1.41 bits per heavy atom. The standard InChI is InChI=1S/C52H32N4/c1-2-14-33(15-3-1)34-16-12-18-36(30-34)55-45-26-10-8-24-42(45)49-47(55)28-29-48-50(49)43-25-9-11-27-46(43)56(48)37-19-13-17-35(31-37)52-53-32-44-40-22-5-4-20-38(40)39-21-6-7-23-41(39)51(44)54-52/h1-32H. The average molecular weight is 713 g/mol. The van der Waals surface area contributed by atoms with Crippen molar-refractivity contribution in [2.24, 2.45) is 0 Å². The molecule has 3 heterocycles. The summed E-state index contributed by atoms with van der Waals surface area (Å²) >= 11 is 0. The fourth-order valence-electron chi connectivity index (χ4n) is 9.11. The molecule has 56 heavy (non-hydrogen) atoms. The maximum Gasteiger partial charge on any atom is 0.159 e. The van der Waals surface area contributed by atoms with Crippen LogP contribution in [0.1, 0.15) is 0 Å². The summed E-state index contributed by atoms with van der Waals surface area (Å²) in [6.07, 6.45) is 2.00. The van der Waals surface area contributed by atoms with E-state index in [1.807, 2.05) is 6.20 Å². The lowest BCUT2D eigenvalue weighted by molar-refractivity contribution is 1.17. The van der Waals surface area contributed by atoms with Crippen LogP contribution in [0, 0.1) is 0 Å². The molecule has 0 spiro atoms. The molecule has 0 atom stereocenters. The molecule has 0 fully saturated rings. The van der Waals surface area contributed by atoms with E-state index in [2.05, 4.69) is 197 Å². The van der Waals surface area contributed by atoms with Crippen LogP contribution >= 0.6 is 0 Å². The third-order valence-electron chi connectivity index (χ3n) is 11.5. The lowest BCUT2D eigenvalue weighted by Gasteiger charge is -2.12.